The van der Waals surface area contributed by atoms with Crippen molar-refractivity contribution in [3.8, 4) is 6.07 Å². The van der Waals surface area contributed by atoms with E-state index in [4.69, 9.17) is 0 Å². The fourth-order valence-electron chi connectivity index (χ4n) is 2.37. The lowest BCUT2D eigenvalue weighted by atomic mass is 9.76. The molecule has 0 saturated heterocycles. The summed E-state index contributed by atoms with van der Waals surface area (Å²) in [5.74, 6) is 0.0479. The van der Waals surface area contributed by atoms with Crippen LogP contribution >= 0.6 is 0 Å². The maximum atomic E-state index is 11.3. The molecule has 2 nitrogen and oxygen atoms in total. The number of nitriles is 1. The van der Waals surface area contributed by atoms with E-state index in [1.165, 1.54) is 6.92 Å². The highest BCUT2D eigenvalue weighted by Gasteiger charge is 2.30. The van der Waals surface area contributed by atoms with E-state index in [0.29, 0.717) is 0 Å². The largest absolute Gasteiger partial charge is 0.300 e. The number of nitrogens with zero attached hydrogens (tertiary/aromatic N) is 1. The molecule has 2 heteroatoms. The van der Waals surface area contributed by atoms with Gasteiger partial charge in [0.25, 0.3) is 0 Å². The van der Waals surface area contributed by atoms with E-state index >= 15 is 0 Å². The molecular weight excluding hydrogens is 198 g/mol. The van der Waals surface area contributed by atoms with Crippen LogP contribution in [0.4, 0.5) is 0 Å². The highest BCUT2D eigenvalue weighted by atomic mass is 16.1. The monoisotopic (exact) mass is 215 g/mol. The second-order valence-corrected chi connectivity index (χ2v) is 4.59. The molecule has 1 aromatic carbocycles. The van der Waals surface area contributed by atoms with Gasteiger partial charge in [0.05, 0.1) is 11.5 Å². The highest BCUT2D eigenvalue weighted by molar-refractivity contribution is 5.78. The fourth-order valence-corrected chi connectivity index (χ4v) is 2.37. The van der Waals surface area contributed by atoms with Crippen LogP contribution in [0.5, 0.6) is 0 Å². The molecule has 1 atom stereocenters. The Morgan fingerprint density at radius 2 is 1.88 bits per heavy atom. The molecule has 84 valence electrons. The van der Waals surface area contributed by atoms with Crippen molar-refractivity contribution in [2.75, 3.05) is 0 Å². The van der Waals surface area contributed by atoms with Crippen LogP contribution in [0, 0.1) is 25.2 Å². The van der Waals surface area contributed by atoms with Crippen LogP contribution in [0.15, 0.2) is 18.2 Å². The van der Waals surface area contributed by atoms with E-state index in [2.05, 4.69) is 6.07 Å². The van der Waals surface area contributed by atoms with Gasteiger partial charge in [-0.25, -0.2) is 0 Å². The molecule has 0 aromatic heterocycles. The van der Waals surface area contributed by atoms with Crippen molar-refractivity contribution in [2.24, 2.45) is 0 Å². The molecule has 0 aliphatic carbocycles. The summed E-state index contributed by atoms with van der Waals surface area (Å²) in [5.41, 5.74) is 2.43. The van der Waals surface area contributed by atoms with Gasteiger partial charge in [0.1, 0.15) is 5.78 Å². The maximum absolute atomic E-state index is 11.3. The Morgan fingerprint density at radius 3 is 2.25 bits per heavy atom. The average Bonchev–Trinajstić information content (AvgIpc) is 2.16. The summed E-state index contributed by atoms with van der Waals surface area (Å²) in [7, 11) is 0. The standard InChI is InChI=1S/C14H17NO/c1-10-6-5-7-11(2)13(10)14(4,9-15)8-12(3)16/h5-7H,8H2,1-4H3. The molecule has 1 aromatic rings. The molecule has 0 spiro atoms. The number of rotatable bonds is 3. The molecule has 1 rings (SSSR count). The minimum absolute atomic E-state index is 0.0479. The topological polar surface area (TPSA) is 40.9 Å². The summed E-state index contributed by atoms with van der Waals surface area (Å²) in [4.78, 5) is 11.3. The second-order valence-electron chi connectivity index (χ2n) is 4.59. The molecule has 0 amide bonds. The van der Waals surface area contributed by atoms with Gasteiger partial charge in [0.2, 0.25) is 0 Å². The third-order valence-corrected chi connectivity index (χ3v) is 2.88. The molecule has 0 saturated carbocycles. The predicted molar refractivity (Wildman–Crippen MR) is 64.2 cm³/mol. The van der Waals surface area contributed by atoms with Crippen molar-refractivity contribution in [3.05, 3.63) is 34.9 Å². The van der Waals surface area contributed by atoms with Gasteiger partial charge in [-0.1, -0.05) is 18.2 Å². The van der Waals surface area contributed by atoms with Gasteiger partial charge in [-0.15, -0.1) is 0 Å². The van der Waals surface area contributed by atoms with Crippen molar-refractivity contribution in [1.29, 1.82) is 5.26 Å². The van der Waals surface area contributed by atoms with Crippen LogP contribution in [-0.4, -0.2) is 5.78 Å². The second kappa shape index (κ2) is 4.49. The first-order chi connectivity index (χ1) is 7.40. The first-order valence-electron chi connectivity index (χ1n) is 5.38. The molecule has 0 heterocycles. The zero-order valence-electron chi connectivity index (χ0n) is 10.3. The minimum atomic E-state index is -0.707. The van der Waals surface area contributed by atoms with Crippen molar-refractivity contribution < 1.29 is 4.79 Å². The minimum Gasteiger partial charge on any atom is -0.300 e. The summed E-state index contributed by atoms with van der Waals surface area (Å²) in [6.45, 7) is 7.34. The molecule has 0 radical (unpaired) electrons. The number of hydrogen-bond acceptors (Lipinski definition) is 2. The van der Waals surface area contributed by atoms with E-state index in [1.54, 1.807) is 0 Å². The lowest BCUT2D eigenvalue weighted by Gasteiger charge is -2.25. The van der Waals surface area contributed by atoms with Gasteiger partial charge in [0.15, 0.2) is 0 Å². The lowest BCUT2D eigenvalue weighted by molar-refractivity contribution is -0.117. The smallest absolute Gasteiger partial charge is 0.131 e. The van der Waals surface area contributed by atoms with Crippen molar-refractivity contribution >= 4 is 5.78 Å². The van der Waals surface area contributed by atoms with Crippen LogP contribution in [-0.2, 0) is 10.2 Å². The summed E-state index contributed by atoms with van der Waals surface area (Å²) >= 11 is 0. The number of benzene rings is 1. The lowest BCUT2D eigenvalue weighted by Crippen LogP contribution is -2.25. The summed E-state index contributed by atoms with van der Waals surface area (Å²) in [6, 6.07) is 8.23. The SMILES string of the molecule is CC(=O)CC(C)(C#N)c1c(C)cccc1C. The Kier molecular flexibility index (Phi) is 3.49. The Balaban J connectivity index is 3.34. The third kappa shape index (κ3) is 2.30. The molecule has 0 N–H and O–H groups in total. The van der Waals surface area contributed by atoms with Gasteiger partial charge >= 0.3 is 0 Å². The van der Waals surface area contributed by atoms with Gasteiger partial charge < -0.3 is 0 Å². The Labute approximate surface area is 96.9 Å². The quantitative estimate of drug-likeness (QED) is 0.777. The van der Waals surface area contributed by atoms with E-state index in [0.717, 1.165) is 16.7 Å². The molecule has 0 bridgehead atoms. The summed E-state index contributed by atoms with van der Waals surface area (Å²) in [5, 5.41) is 9.33. The maximum Gasteiger partial charge on any atom is 0.131 e. The Bertz CT molecular complexity index is 436. The molecule has 1 unspecified atom stereocenters. The van der Waals surface area contributed by atoms with Crippen LogP contribution in [0.3, 0.4) is 0 Å². The van der Waals surface area contributed by atoms with Gasteiger partial charge in [-0.2, -0.15) is 5.26 Å². The molecular formula is C14H17NO. The van der Waals surface area contributed by atoms with Gasteiger partial charge in [0, 0.05) is 6.42 Å². The molecule has 0 aliphatic rings. The van der Waals surface area contributed by atoms with Crippen LogP contribution < -0.4 is 0 Å². The summed E-state index contributed by atoms with van der Waals surface area (Å²) < 4.78 is 0. The zero-order chi connectivity index (χ0) is 12.3. The Hall–Kier alpha value is -1.62. The number of aryl methyl sites for hydroxylation is 2. The van der Waals surface area contributed by atoms with Crippen molar-refractivity contribution in [1.82, 2.24) is 0 Å². The van der Waals surface area contributed by atoms with Crippen LogP contribution in [0.25, 0.3) is 0 Å². The number of ketones is 1. The number of carbonyl (C=O) groups is 1. The van der Waals surface area contributed by atoms with Gasteiger partial charge in [-0.05, 0) is 44.4 Å². The first kappa shape index (κ1) is 12.4. The molecule has 0 aliphatic heterocycles. The Morgan fingerprint density at radius 1 is 1.38 bits per heavy atom. The number of Topliss-reactive ketones (excluding diaryl/α,β-unsaturated/α-hetero) is 1. The van der Waals surface area contributed by atoms with Gasteiger partial charge in [-0.3, -0.25) is 4.79 Å². The van der Waals surface area contributed by atoms with Crippen LogP contribution in [0.2, 0.25) is 0 Å². The van der Waals surface area contributed by atoms with Crippen molar-refractivity contribution in [2.45, 2.75) is 39.5 Å². The number of carbonyl (C=O) groups excluding carboxylic acids is 1. The first-order valence-corrected chi connectivity index (χ1v) is 5.38. The summed E-state index contributed by atoms with van der Waals surface area (Å²) in [6.07, 6.45) is 0.273. The fraction of sp³-hybridized carbons (Fsp3) is 0.429. The predicted octanol–water partition coefficient (Wildman–Crippen LogP) is 3.06. The zero-order valence-corrected chi connectivity index (χ0v) is 10.3. The van der Waals surface area contributed by atoms with E-state index < -0.39 is 5.41 Å². The third-order valence-electron chi connectivity index (χ3n) is 2.88. The number of hydrogen-bond donors (Lipinski definition) is 0. The normalized spacial score (nSPS) is 13.9. The van der Waals surface area contributed by atoms with E-state index in [1.807, 2.05) is 39.0 Å². The molecule has 16 heavy (non-hydrogen) atoms. The van der Waals surface area contributed by atoms with Crippen LogP contribution in [0.1, 0.15) is 37.0 Å². The van der Waals surface area contributed by atoms with E-state index in [-0.39, 0.29) is 12.2 Å². The van der Waals surface area contributed by atoms with E-state index in [9.17, 15) is 10.1 Å². The molecule has 0 fully saturated rings. The van der Waals surface area contributed by atoms with Crippen molar-refractivity contribution in [3.63, 3.8) is 0 Å². The highest BCUT2D eigenvalue weighted by Crippen LogP contribution is 2.32. The average molecular weight is 215 g/mol.